The Morgan fingerprint density at radius 3 is 2.69 bits per heavy atom. The number of nitrogens with two attached hydrogens (primary N) is 1. The van der Waals surface area contributed by atoms with Gasteiger partial charge in [-0.2, -0.15) is 0 Å². The van der Waals surface area contributed by atoms with Crippen molar-refractivity contribution in [2.24, 2.45) is 5.73 Å². The van der Waals surface area contributed by atoms with Gasteiger partial charge in [-0.3, -0.25) is 4.90 Å². The van der Waals surface area contributed by atoms with Crippen LogP contribution < -0.4 is 5.73 Å². The summed E-state index contributed by atoms with van der Waals surface area (Å²) in [7, 11) is 4.02. The number of hydrogen-bond donors (Lipinski definition) is 1. The average Bonchev–Trinajstić information content (AvgIpc) is 2.46. The van der Waals surface area contributed by atoms with Crippen LogP contribution in [0.25, 0.3) is 0 Å². The first-order chi connectivity index (χ1) is 6.15. The Bertz CT molecular complexity index is 257. The van der Waals surface area contributed by atoms with Gasteiger partial charge in [0.05, 0.1) is 12.2 Å². The molecule has 1 rings (SSSR count). The van der Waals surface area contributed by atoms with Gasteiger partial charge in [0, 0.05) is 6.92 Å². The maximum absolute atomic E-state index is 5.52. The van der Waals surface area contributed by atoms with Crippen LogP contribution in [0.5, 0.6) is 0 Å². The Balaban J connectivity index is 2.75. The first kappa shape index (κ1) is 10.2. The van der Waals surface area contributed by atoms with Gasteiger partial charge < -0.3 is 10.2 Å². The van der Waals surface area contributed by atoms with Crippen LogP contribution in [0.4, 0.5) is 0 Å². The lowest BCUT2D eigenvalue weighted by molar-refractivity contribution is 0.245. The molecule has 13 heavy (non-hydrogen) atoms. The molecule has 2 N–H and O–H groups in total. The van der Waals surface area contributed by atoms with Gasteiger partial charge in [0.25, 0.3) is 0 Å². The third-order valence-electron chi connectivity index (χ3n) is 2.03. The normalized spacial score (nSPS) is 13.6. The Morgan fingerprint density at radius 1 is 1.62 bits per heavy atom. The zero-order chi connectivity index (χ0) is 9.84. The summed E-state index contributed by atoms with van der Waals surface area (Å²) < 4.78 is 5.45. The highest BCUT2D eigenvalue weighted by Crippen LogP contribution is 2.21. The van der Waals surface area contributed by atoms with E-state index in [2.05, 4.69) is 9.88 Å². The van der Waals surface area contributed by atoms with Gasteiger partial charge in [-0.15, -0.1) is 0 Å². The van der Waals surface area contributed by atoms with E-state index in [4.69, 9.17) is 10.2 Å². The van der Waals surface area contributed by atoms with E-state index in [9.17, 15) is 0 Å². The number of aromatic nitrogens is 1. The fourth-order valence-corrected chi connectivity index (χ4v) is 1.34. The minimum atomic E-state index is 0.242. The fraction of sp³-hybridized carbons (Fsp3) is 0.667. The lowest BCUT2D eigenvalue weighted by Crippen LogP contribution is -2.22. The summed E-state index contributed by atoms with van der Waals surface area (Å²) in [6, 6.07) is 0.242. The quantitative estimate of drug-likeness (QED) is 0.754. The monoisotopic (exact) mass is 183 g/mol. The van der Waals surface area contributed by atoms with E-state index in [0.717, 1.165) is 12.2 Å². The molecule has 1 unspecified atom stereocenters. The molecule has 0 aliphatic carbocycles. The van der Waals surface area contributed by atoms with Crippen molar-refractivity contribution in [3.63, 3.8) is 0 Å². The Labute approximate surface area is 78.7 Å². The Morgan fingerprint density at radius 2 is 2.31 bits per heavy atom. The Kier molecular flexibility index (Phi) is 3.45. The highest BCUT2D eigenvalue weighted by Gasteiger charge is 2.16. The van der Waals surface area contributed by atoms with Crippen LogP contribution in [-0.4, -0.2) is 30.5 Å². The summed E-state index contributed by atoms with van der Waals surface area (Å²) in [6.45, 7) is 2.50. The summed E-state index contributed by atoms with van der Waals surface area (Å²) in [4.78, 5) is 6.16. The molecular formula is C9H17N3O. The van der Waals surface area contributed by atoms with Crippen molar-refractivity contribution in [2.75, 3.05) is 20.6 Å². The van der Waals surface area contributed by atoms with E-state index in [1.165, 1.54) is 0 Å². The van der Waals surface area contributed by atoms with Gasteiger partial charge in [-0.05, 0) is 27.1 Å². The number of nitrogens with zero attached hydrogens (tertiary/aromatic N) is 2. The molecule has 0 aliphatic rings. The zero-order valence-electron chi connectivity index (χ0n) is 8.45. The number of hydrogen-bond acceptors (Lipinski definition) is 4. The van der Waals surface area contributed by atoms with E-state index in [0.29, 0.717) is 12.4 Å². The summed E-state index contributed by atoms with van der Waals surface area (Å²) in [5.74, 6) is 1.60. The van der Waals surface area contributed by atoms with Crippen molar-refractivity contribution in [3.8, 4) is 0 Å². The molecule has 1 aromatic rings. The molecule has 0 bridgehead atoms. The molecule has 0 spiro atoms. The SMILES string of the molecule is Cc1ncc(C(CCN)N(C)C)o1. The summed E-state index contributed by atoms with van der Waals surface area (Å²) in [5, 5.41) is 0. The van der Waals surface area contributed by atoms with Crippen molar-refractivity contribution in [1.82, 2.24) is 9.88 Å². The summed E-state index contributed by atoms with van der Waals surface area (Å²) >= 11 is 0. The molecule has 0 aromatic carbocycles. The molecule has 0 fully saturated rings. The summed E-state index contributed by atoms with van der Waals surface area (Å²) in [6.07, 6.45) is 2.66. The second kappa shape index (κ2) is 4.39. The van der Waals surface area contributed by atoms with E-state index >= 15 is 0 Å². The third-order valence-corrected chi connectivity index (χ3v) is 2.03. The Hall–Kier alpha value is -0.870. The largest absolute Gasteiger partial charge is 0.444 e. The average molecular weight is 183 g/mol. The van der Waals surface area contributed by atoms with Gasteiger partial charge in [0.15, 0.2) is 5.89 Å². The number of aryl methyl sites for hydroxylation is 1. The maximum Gasteiger partial charge on any atom is 0.191 e. The standard InChI is InChI=1S/C9H17N3O/c1-7-11-6-9(13-7)8(4-5-10)12(2)3/h6,8H,4-5,10H2,1-3H3. The molecule has 4 nitrogen and oxygen atoms in total. The zero-order valence-corrected chi connectivity index (χ0v) is 8.45. The first-order valence-corrected chi connectivity index (χ1v) is 4.44. The molecule has 1 heterocycles. The lowest BCUT2D eigenvalue weighted by atomic mass is 10.1. The van der Waals surface area contributed by atoms with Crippen molar-refractivity contribution in [1.29, 1.82) is 0 Å². The van der Waals surface area contributed by atoms with Crippen LogP contribution in [0.15, 0.2) is 10.6 Å². The van der Waals surface area contributed by atoms with Crippen LogP contribution in [0.3, 0.4) is 0 Å². The third kappa shape index (κ3) is 2.54. The van der Waals surface area contributed by atoms with Crippen LogP contribution in [-0.2, 0) is 0 Å². The molecule has 0 saturated heterocycles. The van der Waals surface area contributed by atoms with Gasteiger partial charge in [0.1, 0.15) is 5.76 Å². The molecule has 1 aromatic heterocycles. The predicted molar refractivity (Wildman–Crippen MR) is 51.3 cm³/mol. The second-order valence-electron chi connectivity index (χ2n) is 3.34. The van der Waals surface area contributed by atoms with Gasteiger partial charge in [0.2, 0.25) is 0 Å². The highest BCUT2D eigenvalue weighted by atomic mass is 16.4. The van der Waals surface area contributed by atoms with E-state index in [-0.39, 0.29) is 6.04 Å². The molecule has 4 heteroatoms. The van der Waals surface area contributed by atoms with E-state index < -0.39 is 0 Å². The van der Waals surface area contributed by atoms with Crippen molar-refractivity contribution in [3.05, 3.63) is 17.8 Å². The van der Waals surface area contributed by atoms with Gasteiger partial charge >= 0.3 is 0 Å². The fourth-order valence-electron chi connectivity index (χ4n) is 1.34. The van der Waals surface area contributed by atoms with E-state index in [1.807, 2.05) is 21.0 Å². The summed E-state index contributed by atoms with van der Waals surface area (Å²) in [5.41, 5.74) is 5.52. The van der Waals surface area contributed by atoms with Crippen LogP contribution in [0.2, 0.25) is 0 Å². The lowest BCUT2D eigenvalue weighted by Gasteiger charge is -2.20. The molecular weight excluding hydrogens is 166 g/mol. The molecule has 0 saturated carbocycles. The number of rotatable bonds is 4. The topological polar surface area (TPSA) is 55.3 Å². The molecule has 0 radical (unpaired) electrons. The highest BCUT2D eigenvalue weighted by molar-refractivity contribution is 5.00. The first-order valence-electron chi connectivity index (χ1n) is 4.44. The van der Waals surface area contributed by atoms with Gasteiger partial charge in [-0.25, -0.2) is 4.98 Å². The van der Waals surface area contributed by atoms with Gasteiger partial charge in [-0.1, -0.05) is 0 Å². The minimum absolute atomic E-state index is 0.242. The van der Waals surface area contributed by atoms with Crippen molar-refractivity contribution < 1.29 is 4.42 Å². The molecule has 1 atom stereocenters. The smallest absolute Gasteiger partial charge is 0.191 e. The molecule has 0 aliphatic heterocycles. The van der Waals surface area contributed by atoms with Crippen molar-refractivity contribution >= 4 is 0 Å². The second-order valence-corrected chi connectivity index (χ2v) is 3.34. The number of oxazole rings is 1. The van der Waals surface area contributed by atoms with Crippen LogP contribution in [0, 0.1) is 6.92 Å². The minimum Gasteiger partial charge on any atom is -0.444 e. The van der Waals surface area contributed by atoms with Crippen molar-refractivity contribution in [2.45, 2.75) is 19.4 Å². The predicted octanol–water partition coefficient (Wildman–Crippen LogP) is 0.935. The van der Waals surface area contributed by atoms with Crippen LogP contribution in [0.1, 0.15) is 24.1 Å². The maximum atomic E-state index is 5.52. The molecule has 0 amide bonds. The molecule has 74 valence electrons. The van der Waals surface area contributed by atoms with Crippen LogP contribution >= 0.6 is 0 Å². The van der Waals surface area contributed by atoms with E-state index in [1.54, 1.807) is 6.20 Å².